The zero-order valence-electron chi connectivity index (χ0n) is 18.6. The summed E-state index contributed by atoms with van der Waals surface area (Å²) < 4.78 is 29.5. The molecule has 0 saturated carbocycles. The van der Waals surface area contributed by atoms with Crippen molar-refractivity contribution in [2.45, 2.75) is 51.1 Å². The molecule has 1 atom stereocenters. The molecule has 1 amide bonds. The van der Waals surface area contributed by atoms with Crippen molar-refractivity contribution in [1.29, 1.82) is 0 Å². The van der Waals surface area contributed by atoms with Crippen LogP contribution in [0.15, 0.2) is 59.5 Å². The van der Waals surface area contributed by atoms with Crippen molar-refractivity contribution in [1.82, 2.24) is 19.4 Å². The van der Waals surface area contributed by atoms with E-state index in [1.54, 1.807) is 24.3 Å². The lowest BCUT2D eigenvalue weighted by molar-refractivity contribution is -0.124. The Morgan fingerprint density at radius 2 is 1.75 bits per heavy atom. The van der Waals surface area contributed by atoms with Crippen LogP contribution >= 0.6 is 0 Å². The number of nitrogens with zero attached hydrogens (tertiary/aromatic N) is 3. The Morgan fingerprint density at radius 3 is 2.44 bits per heavy atom. The molecule has 1 fully saturated rings. The first-order valence-electron chi connectivity index (χ1n) is 10.8. The molecule has 1 N–H and O–H groups in total. The van der Waals surface area contributed by atoms with E-state index < -0.39 is 16.1 Å². The van der Waals surface area contributed by atoms with Crippen molar-refractivity contribution in [2.75, 3.05) is 6.54 Å². The van der Waals surface area contributed by atoms with Gasteiger partial charge in [0.2, 0.25) is 15.9 Å². The van der Waals surface area contributed by atoms with Gasteiger partial charge in [0.1, 0.15) is 6.04 Å². The second kappa shape index (κ2) is 8.88. The van der Waals surface area contributed by atoms with Crippen LogP contribution in [0.3, 0.4) is 0 Å². The number of carbonyl (C=O) groups is 1. The van der Waals surface area contributed by atoms with E-state index in [9.17, 15) is 13.2 Å². The summed E-state index contributed by atoms with van der Waals surface area (Å²) in [6, 6.07) is 15.9. The minimum Gasteiger partial charge on any atom is -0.350 e. The Bertz CT molecular complexity index is 1220. The van der Waals surface area contributed by atoms with E-state index in [0.29, 0.717) is 25.9 Å². The normalized spacial score (nSPS) is 16.9. The van der Waals surface area contributed by atoms with Gasteiger partial charge in [0.15, 0.2) is 0 Å². The molecular formula is C24H28N4O3S. The van der Waals surface area contributed by atoms with Crippen molar-refractivity contribution in [3.05, 3.63) is 77.1 Å². The van der Waals surface area contributed by atoms with E-state index in [4.69, 9.17) is 0 Å². The first-order valence-corrected chi connectivity index (χ1v) is 12.2. The predicted octanol–water partition coefficient (Wildman–Crippen LogP) is 3.27. The van der Waals surface area contributed by atoms with Crippen molar-refractivity contribution in [3.8, 4) is 5.69 Å². The van der Waals surface area contributed by atoms with Gasteiger partial charge in [-0.1, -0.05) is 35.9 Å². The number of rotatable bonds is 6. The van der Waals surface area contributed by atoms with Crippen molar-refractivity contribution >= 4 is 15.9 Å². The van der Waals surface area contributed by atoms with Crippen LogP contribution in [0, 0.1) is 20.8 Å². The molecule has 0 unspecified atom stereocenters. The highest BCUT2D eigenvalue weighted by atomic mass is 32.2. The summed E-state index contributed by atoms with van der Waals surface area (Å²) in [4.78, 5) is 13.2. The molecule has 7 nitrogen and oxygen atoms in total. The van der Waals surface area contributed by atoms with Gasteiger partial charge in [0.05, 0.1) is 16.3 Å². The summed E-state index contributed by atoms with van der Waals surface area (Å²) in [5, 5.41) is 7.57. The molecule has 0 radical (unpaired) electrons. The van der Waals surface area contributed by atoms with Crippen LogP contribution in [0.25, 0.3) is 5.69 Å². The second-order valence-corrected chi connectivity index (χ2v) is 10.1. The van der Waals surface area contributed by atoms with E-state index in [2.05, 4.69) is 10.4 Å². The largest absolute Gasteiger partial charge is 0.350 e. The van der Waals surface area contributed by atoms with Gasteiger partial charge < -0.3 is 5.32 Å². The first kappa shape index (κ1) is 22.2. The van der Waals surface area contributed by atoms with Crippen LogP contribution in [-0.2, 0) is 21.4 Å². The number of sulfonamides is 1. The number of nitrogens with one attached hydrogen (secondary N) is 1. The summed E-state index contributed by atoms with van der Waals surface area (Å²) in [5.41, 5.74) is 4.66. The topological polar surface area (TPSA) is 84.3 Å². The third-order valence-electron chi connectivity index (χ3n) is 6.02. The highest BCUT2D eigenvalue weighted by Crippen LogP contribution is 2.27. The van der Waals surface area contributed by atoms with Gasteiger partial charge >= 0.3 is 0 Å². The zero-order chi connectivity index (χ0) is 22.9. The Labute approximate surface area is 189 Å². The zero-order valence-corrected chi connectivity index (χ0v) is 19.4. The number of hydrogen-bond donors (Lipinski definition) is 1. The molecule has 3 aromatic rings. The van der Waals surface area contributed by atoms with Gasteiger partial charge in [-0.25, -0.2) is 13.1 Å². The average molecular weight is 453 g/mol. The molecule has 1 saturated heterocycles. The predicted molar refractivity (Wildman–Crippen MR) is 123 cm³/mol. The van der Waals surface area contributed by atoms with Crippen molar-refractivity contribution < 1.29 is 13.2 Å². The number of benzene rings is 2. The van der Waals surface area contributed by atoms with E-state index in [1.807, 2.05) is 55.8 Å². The van der Waals surface area contributed by atoms with Gasteiger partial charge in [-0.15, -0.1) is 0 Å². The number of aryl methyl sites for hydroxylation is 2. The average Bonchev–Trinajstić information content (AvgIpc) is 3.39. The van der Waals surface area contributed by atoms with Crippen LogP contribution in [0.4, 0.5) is 0 Å². The number of carbonyl (C=O) groups excluding carboxylic acids is 1. The summed E-state index contributed by atoms with van der Waals surface area (Å²) in [6.45, 7) is 6.44. The molecule has 168 valence electrons. The second-order valence-electron chi connectivity index (χ2n) is 8.20. The number of hydrogen-bond acceptors (Lipinski definition) is 4. The minimum absolute atomic E-state index is 0.221. The third-order valence-corrected chi connectivity index (χ3v) is 7.94. The molecule has 2 aromatic carbocycles. The first-order chi connectivity index (χ1) is 15.3. The fourth-order valence-electron chi connectivity index (χ4n) is 4.18. The van der Waals surface area contributed by atoms with E-state index in [-0.39, 0.29) is 10.8 Å². The lowest BCUT2D eigenvalue weighted by Gasteiger charge is -2.23. The van der Waals surface area contributed by atoms with Gasteiger partial charge in [-0.3, -0.25) is 4.79 Å². The van der Waals surface area contributed by atoms with Crippen LogP contribution in [-0.4, -0.2) is 41.0 Å². The fraction of sp³-hybridized carbons (Fsp3) is 0.333. The summed E-state index contributed by atoms with van der Waals surface area (Å²) in [6.07, 6.45) is 1.17. The Hall–Kier alpha value is -2.97. The molecule has 1 aliphatic heterocycles. The molecule has 32 heavy (non-hydrogen) atoms. The Morgan fingerprint density at radius 1 is 1.06 bits per heavy atom. The highest BCUT2D eigenvalue weighted by Gasteiger charge is 2.39. The molecule has 0 spiro atoms. The Balaban J connectivity index is 1.50. The van der Waals surface area contributed by atoms with E-state index in [1.165, 1.54) is 4.31 Å². The maximum atomic E-state index is 13.1. The van der Waals surface area contributed by atoms with Gasteiger partial charge in [-0.2, -0.15) is 9.40 Å². The summed E-state index contributed by atoms with van der Waals surface area (Å²) >= 11 is 0. The minimum atomic E-state index is -3.72. The van der Waals surface area contributed by atoms with E-state index in [0.717, 1.165) is 28.2 Å². The smallest absolute Gasteiger partial charge is 0.243 e. The lowest BCUT2D eigenvalue weighted by atomic mass is 10.1. The van der Waals surface area contributed by atoms with Gasteiger partial charge in [0, 0.05) is 24.3 Å². The third kappa shape index (κ3) is 4.20. The number of amides is 1. The van der Waals surface area contributed by atoms with Crippen LogP contribution in [0.5, 0.6) is 0 Å². The standard InChI is InChI=1S/C24H28N4O3S/c1-17-11-13-21(14-12-17)32(30,31)27-15-7-10-23(27)24(29)25-16-22-18(2)26-28(19(22)3)20-8-5-4-6-9-20/h4-6,8-9,11-14,23H,7,10,15-16H2,1-3H3,(H,25,29)/t23-/m0/s1. The molecule has 0 bridgehead atoms. The van der Waals surface area contributed by atoms with E-state index >= 15 is 0 Å². The number of para-hydroxylation sites is 1. The molecule has 4 rings (SSSR count). The van der Waals surface area contributed by atoms with Crippen LogP contribution in [0.1, 0.15) is 35.4 Å². The SMILES string of the molecule is Cc1ccc(S(=O)(=O)N2CCC[C@H]2C(=O)NCc2c(C)nn(-c3ccccc3)c2C)cc1. The maximum absolute atomic E-state index is 13.1. The highest BCUT2D eigenvalue weighted by molar-refractivity contribution is 7.89. The molecule has 0 aliphatic carbocycles. The molecular weight excluding hydrogens is 424 g/mol. The van der Waals surface area contributed by atoms with Crippen LogP contribution < -0.4 is 5.32 Å². The Kier molecular flexibility index (Phi) is 6.17. The number of aromatic nitrogens is 2. The van der Waals surface area contributed by atoms with Gasteiger partial charge in [0.25, 0.3) is 0 Å². The quantitative estimate of drug-likeness (QED) is 0.622. The van der Waals surface area contributed by atoms with Gasteiger partial charge in [-0.05, 0) is 57.9 Å². The van der Waals surface area contributed by atoms with Crippen molar-refractivity contribution in [2.24, 2.45) is 0 Å². The summed E-state index contributed by atoms with van der Waals surface area (Å²) in [5.74, 6) is -0.274. The van der Waals surface area contributed by atoms with Crippen molar-refractivity contribution in [3.63, 3.8) is 0 Å². The molecule has 2 heterocycles. The van der Waals surface area contributed by atoms with Crippen LogP contribution in [0.2, 0.25) is 0 Å². The molecule has 1 aliphatic rings. The summed E-state index contributed by atoms with van der Waals surface area (Å²) in [7, 11) is -3.72. The lowest BCUT2D eigenvalue weighted by Crippen LogP contribution is -2.45. The molecule has 8 heteroatoms. The monoisotopic (exact) mass is 452 g/mol. The maximum Gasteiger partial charge on any atom is 0.243 e. The fourth-order valence-corrected chi connectivity index (χ4v) is 5.84. The molecule has 1 aromatic heterocycles.